The summed E-state index contributed by atoms with van der Waals surface area (Å²) in [5.41, 5.74) is 0.864. The Kier molecular flexibility index (Phi) is 4.27. The molecule has 1 aromatic heterocycles. The molecule has 1 aromatic carbocycles. The number of pyridine rings is 1. The highest BCUT2D eigenvalue weighted by atomic mass is 19.1. The van der Waals surface area contributed by atoms with Gasteiger partial charge >= 0.3 is 0 Å². The fraction of sp³-hybridized carbons (Fsp3) is 0.133. The number of hydrogen-bond donors (Lipinski definition) is 1. The van der Waals surface area contributed by atoms with Gasteiger partial charge in [-0.3, -0.25) is 9.59 Å². The molecule has 2 aromatic rings. The first kappa shape index (κ1) is 14.6. The lowest BCUT2D eigenvalue weighted by atomic mass is 10.2. The zero-order valence-corrected chi connectivity index (χ0v) is 11.6. The standard InChI is InChI=1S/C15H14FN3O2/c1-19(2)15(21)10-5-3-6-11(9-10)17-14(20)12-7-4-8-13(16)18-12/h3-9H,1-2H3,(H,17,20). The molecule has 0 saturated heterocycles. The molecule has 0 atom stereocenters. The van der Waals surface area contributed by atoms with Gasteiger partial charge in [0.05, 0.1) is 0 Å². The fourth-order valence-corrected chi connectivity index (χ4v) is 1.72. The van der Waals surface area contributed by atoms with Crippen molar-refractivity contribution in [3.63, 3.8) is 0 Å². The summed E-state index contributed by atoms with van der Waals surface area (Å²) in [5.74, 6) is -1.43. The number of nitrogens with one attached hydrogen (secondary N) is 1. The molecule has 0 radical (unpaired) electrons. The number of rotatable bonds is 3. The molecule has 1 N–H and O–H groups in total. The average Bonchev–Trinajstić information content (AvgIpc) is 2.46. The zero-order chi connectivity index (χ0) is 15.4. The largest absolute Gasteiger partial charge is 0.345 e. The Labute approximate surface area is 121 Å². The van der Waals surface area contributed by atoms with Gasteiger partial charge < -0.3 is 10.2 Å². The van der Waals surface area contributed by atoms with Gasteiger partial charge in [0.1, 0.15) is 5.69 Å². The maximum atomic E-state index is 13.0. The molecule has 6 heteroatoms. The second kappa shape index (κ2) is 6.13. The van der Waals surface area contributed by atoms with Crippen LogP contribution < -0.4 is 5.32 Å². The van der Waals surface area contributed by atoms with Crippen LogP contribution in [0.2, 0.25) is 0 Å². The molecule has 2 amide bonds. The number of amides is 2. The van der Waals surface area contributed by atoms with E-state index >= 15 is 0 Å². The van der Waals surface area contributed by atoms with Crippen LogP contribution in [0.25, 0.3) is 0 Å². The lowest BCUT2D eigenvalue weighted by Gasteiger charge is -2.11. The van der Waals surface area contributed by atoms with Crippen molar-refractivity contribution in [2.45, 2.75) is 0 Å². The van der Waals surface area contributed by atoms with E-state index in [9.17, 15) is 14.0 Å². The van der Waals surface area contributed by atoms with Gasteiger partial charge in [-0.15, -0.1) is 0 Å². The van der Waals surface area contributed by atoms with Crippen LogP contribution in [0.15, 0.2) is 42.5 Å². The fourth-order valence-electron chi connectivity index (χ4n) is 1.72. The number of carbonyl (C=O) groups is 2. The van der Waals surface area contributed by atoms with E-state index in [2.05, 4.69) is 10.3 Å². The normalized spacial score (nSPS) is 10.0. The third-order valence-electron chi connectivity index (χ3n) is 2.72. The smallest absolute Gasteiger partial charge is 0.274 e. The molecule has 0 spiro atoms. The monoisotopic (exact) mass is 287 g/mol. The van der Waals surface area contributed by atoms with Gasteiger partial charge in [-0.05, 0) is 30.3 Å². The summed E-state index contributed by atoms with van der Waals surface area (Å²) in [6.07, 6.45) is 0. The van der Waals surface area contributed by atoms with Crippen LogP contribution in [0.4, 0.5) is 10.1 Å². The topological polar surface area (TPSA) is 62.3 Å². The molecule has 0 unspecified atom stereocenters. The van der Waals surface area contributed by atoms with E-state index in [0.717, 1.165) is 6.07 Å². The van der Waals surface area contributed by atoms with Crippen LogP contribution in [0, 0.1) is 5.95 Å². The van der Waals surface area contributed by atoms with Crippen LogP contribution in [0.5, 0.6) is 0 Å². The molecule has 21 heavy (non-hydrogen) atoms. The molecule has 0 aliphatic heterocycles. The van der Waals surface area contributed by atoms with Crippen LogP contribution in [0.1, 0.15) is 20.8 Å². The number of anilines is 1. The molecule has 0 aliphatic carbocycles. The minimum atomic E-state index is -0.723. The molecular formula is C15H14FN3O2. The molecule has 1 heterocycles. The summed E-state index contributed by atoms with van der Waals surface area (Å²) in [6, 6.07) is 10.5. The Morgan fingerprint density at radius 2 is 1.86 bits per heavy atom. The highest BCUT2D eigenvalue weighted by Gasteiger charge is 2.11. The zero-order valence-electron chi connectivity index (χ0n) is 11.6. The number of hydrogen-bond acceptors (Lipinski definition) is 3. The van der Waals surface area contributed by atoms with E-state index in [1.165, 1.54) is 17.0 Å². The van der Waals surface area contributed by atoms with Gasteiger partial charge in [0, 0.05) is 25.3 Å². The van der Waals surface area contributed by atoms with Crippen LogP contribution in [0.3, 0.4) is 0 Å². The first-order valence-corrected chi connectivity index (χ1v) is 6.23. The van der Waals surface area contributed by atoms with Gasteiger partial charge in [-0.1, -0.05) is 12.1 Å². The number of halogens is 1. The lowest BCUT2D eigenvalue weighted by molar-refractivity contribution is 0.0827. The van der Waals surface area contributed by atoms with Crippen molar-refractivity contribution in [1.29, 1.82) is 0 Å². The Morgan fingerprint density at radius 1 is 1.14 bits per heavy atom. The average molecular weight is 287 g/mol. The molecule has 0 fully saturated rings. The number of nitrogens with zero attached hydrogens (tertiary/aromatic N) is 2. The second-order valence-corrected chi connectivity index (χ2v) is 4.58. The minimum Gasteiger partial charge on any atom is -0.345 e. The van der Waals surface area contributed by atoms with Gasteiger partial charge in [-0.25, -0.2) is 4.98 Å². The second-order valence-electron chi connectivity index (χ2n) is 4.58. The first-order valence-electron chi connectivity index (χ1n) is 6.23. The maximum absolute atomic E-state index is 13.0. The summed E-state index contributed by atoms with van der Waals surface area (Å²) in [6.45, 7) is 0. The van der Waals surface area contributed by atoms with Crippen LogP contribution in [-0.2, 0) is 0 Å². The van der Waals surface area contributed by atoms with E-state index in [1.807, 2.05) is 0 Å². The predicted octanol–water partition coefficient (Wildman–Crippen LogP) is 2.17. The van der Waals surface area contributed by atoms with Gasteiger partial charge in [0.15, 0.2) is 0 Å². The molecule has 108 valence electrons. The Hall–Kier alpha value is -2.76. The summed E-state index contributed by atoms with van der Waals surface area (Å²) >= 11 is 0. The summed E-state index contributed by atoms with van der Waals surface area (Å²) in [7, 11) is 3.29. The van der Waals surface area contributed by atoms with Crippen molar-refractivity contribution in [3.8, 4) is 0 Å². The van der Waals surface area contributed by atoms with Crippen LogP contribution >= 0.6 is 0 Å². The van der Waals surface area contributed by atoms with Crippen molar-refractivity contribution < 1.29 is 14.0 Å². The van der Waals surface area contributed by atoms with Crippen molar-refractivity contribution in [2.75, 3.05) is 19.4 Å². The number of aromatic nitrogens is 1. The Morgan fingerprint density at radius 3 is 2.52 bits per heavy atom. The molecule has 0 bridgehead atoms. The Bertz CT molecular complexity index is 686. The van der Waals surface area contributed by atoms with Gasteiger partial charge in [0.25, 0.3) is 11.8 Å². The van der Waals surface area contributed by atoms with Gasteiger partial charge in [-0.2, -0.15) is 4.39 Å². The van der Waals surface area contributed by atoms with Crippen molar-refractivity contribution in [3.05, 3.63) is 59.7 Å². The minimum absolute atomic E-state index is 0.0284. The van der Waals surface area contributed by atoms with E-state index in [4.69, 9.17) is 0 Å². The van der Waals surface area contributed by atoms with Crippen molar-refractivity contribution >= 4 is 17.5 Å². The summed E-state index contributed by atoms with van der Waals surface area (Å²) < 4.78 is 13.0. The van der Waals surface area contributed by atoms with Crippen LogP contribution in [-0.4, -0.2) is 35.8 Å². The molecule has 2 rings (SSSR count). The molecule has 0 aliphatic rings. The summed E-state index contributed by atoms with van der Waals surface area (Å²) in [5, 5.41) is 2.58. The SMILES string of the molecule is CN(C)C(=O)c1cccc(NC(=O)c2cccc(F)n2)c1. The molecule has 0 saturated carbocycles. The van der Waals surface area contributed by atoms with Gasteiger partial charge in [0.2, 0.25) is 5.95 Å². The predicted molar refractivity (Wildman–Crippen MR) is 76.6 cm³/mol. The Balaban J connectivity index is 2.18. The quantitative estimate of drug-likeness (QED) is 0.880. The highest BCUT2D eigenvalue weighted by molar-refractivity contribution is 6.03. The molecular weight excluding hydrogens is 273 g/mol. The number of benzene rings is 1. The van der Waals surface area contributed by atoms with E-state index in [0.29, 0.717) is 11.3 Å². The first-order chi connectivity index (χ1) is 9.97. The van der Waals surface area contributed by atoms with Crippen molar-refractivity contribution in [1.82, 2.24) is 9.88 Å². The van der Waals surface area contributed by atoms with E-state index < -0.39 is 11.9 Å². The number of carbonyl (C=O) groups excluding carboxylic acids is 2. The van der Waals surface area contributed by atoms with E-state index in [-0.39, 0.29) is 11.6 Å². The summed E-state index contributed by atoms with van der Waals surface area (Å²) in [4.78, 5) is 28.7. The highest BCUT2D eigenvalue weighted by Crippen LogP contribution is 2.13. The van der Waals surface area contributed by atoms with Crippen molar-refractivity contribution in [2.24, 2.45) is 0 Å². The maximum Gasteiger partial charge on any atom is 0.274 e. The molecule has 5 nitrogen and oxygen atoms in total. The third kappa shape index (κ3) is 3.62. The van der Waals surface area contributed by atoms with E-state index in [1.54, 1.807) is 38.4 Å². The lowest BCUT2D eigenvalue weighted by Crippen LogP contribution is -2.22. The third-order valence-corrected chi connectivity index (χ3v) is 2.72.